The molecule has 1 aliphatic heterocycles. The standard InChI is InChI=1S/C24H28N2O4/c1-24(2,3)16-10-12-17(13-11-16)26-22(28)20(18-8-6-7-9-19(18)30-5)21(23(26)29)25(4)14-15-27/h6-13,27H,14-15H2,1-5H3. The molecule has 0 saturated heterocycles. The Labute approximate surface area is 177 Å². The van der Waals surface area contributed by atoms with Crippen molar-refractivity contribution >= 4 is 23.1 Å². The number of carbonyl (C=O) groups is 2. The average molecular weight is 408 g/mol. The van der Waals surface area contributed by atoms with Gasteiger partial charge in [-0.1, -0.05) is 51.1 Å². The van der Waals surface area contributed by atoms with E-state index in [9.17, 15) is 14.7 Å². The van der Waals surface area contributed by atoms with E-state index in [0.29, 0.717) is 17.0 Å². The zero-order valence-electron chi connectivity index (χ0n) is 18.1. The number of methoxy groups -OCH3 is 1. The van der Waals surface area contributed by atoms with Crippen LogP contribution in [0.15, 0.2) is 54.2 Å². The first-order valence-electron chi connectivity index (χ1n) is 9.89. The molecule has 6 heteroatoms. The Bertz CT molecular complexity index is 987. The fourth-order valence-corrected chi connectivity index (χ4v) is 3.57. The average Bonchev–Trinajstić information content (AvgIpc) is 2.97. The highest BCUT2D eigenvalue weighted by molar-refractivity contribution is 6.45. The molecule has 30 heavy (non-hydrogen) atoms. The number of rotatable bonds is 6. The molecule has 158 valence electrons. The van der Waals surface area contributed by atoms with Crippen LogP contribution in [0.5, 0.6) is 5.75 Å². The highest BCUT2D eigenvalue weighted by Gasteiger charge is 2.42. The lowest BCUT2D eigenvalue weighted by Gasteiger charge is -2.22. The fraction of sp³-hybridized carbons (Fsp3) is 0.333. The summed E-state index contributed by atoms with van der Waals surface area (Å²) in [5.74, 6) is -0.318. The lowest BCUT2D eigenvalue weighted by molar-refractivity contribution is -0.120. The van der Waals surface area contributed by atoms with Crippen LogP contribution in [0.1, 0.15) is 31.9 Å². The zero-order valence-corrected chi connectivity index (χ0v) is 18.1. The van der Waals surface area contributed by atoms with Gasteiger partial charge in [-0.05, 0) is 29.2 Å². The first-order chi connectivity index (χ1) is 14.2. The number of hydrogen-bond donors (Lipinski definition) is 1. The van der Waals surface area contributed by atoms with Crippen LogP contribution < -0.4 is 9.64 Å². The summed E-state index contributed by atoms with van der Waals surface area (Å²) in [6.07, 6.45) is 0. The van der Waals surface area contributed by atoms with Crippen LogP contribution in [-0.4, -0.2) is 49.1 Å². The Kier molecular flexibility index (Phi) is 5.99. The van der Waals surface area contributed by atoms with E-state index in [1.807, 2.05) is 18.2 Å². The maximum absolute atomic E-state index is 13.5. The van der Waals surface area contributed by atoms with E-state index in [0.717, 1.165) is 5.56 Å². The molecule has 0 saturated carbocycles. The summed E-state index contributed by atoms with van der Waals surface area (Å²) >= 11 is 0. The Morgan fingerprint density at radius 1 is 1.00 bits per heavy atom. The molecule has 1 aliphatic rings. The second-order valence-corrected chi connectivity index (χ2v) is 8.31. The van der Waals surface area contributed by atoms with E-state index in [2.05, 4.69) is 20.8 Å². The molecule has 6 nitrogen and oxygen atoms in total. The molecule has 0 atom stereocenters. The first-order valence-corrected chi connectivity index (χ1v) is 9.89. The monoisotopic (exact) mass is 408 g/mol. The van der Waals surface area contributed by atoms with Gasteiger partial charge < -0.3 is 14.7 Å². The second-order valence-electron chi connectivity index (χ2n) is 8.31. The molecule has 1 N–H and O–H groups in total. The molecule has 3 rings (SSSR count). The van der Waals surface area contributed by atoms with Gasteiger partial charge in [-0.15, -0.1) is 0 Å². The zero-order chi connectivity index (χ0) is 22.1. The molecule has 0 aromatic heterocycles. The number of anilines is 1. The number of imide groups is 1. The molecule has 0 aliphatic carbocycles. The van der Waals surface area contributed by atoms with Gasteiger partial charge in [0.05, 0.1) is 25.0 Å². The maximum Gasteiger partial charge on any atom is 0.282 e. The van der Waals surface area contributed by atoms with Crippen molar-refractivity contribution in [1.82, 2.24) is 4.90 Å². The summed E-state index contributed by atoms with van der Waals surface area (Å²) in [4.78, 5) is 29.7. The van der Waals surface area contributed by atoms with Crippen LogP contribution in [0.25, 0.3) is 5.57 Å². The van der Waals surface area contributed by atoms with Crippen molar-refractivity contribution in [2.24, 2.45) is 0 Å². The minimum Gasteiger partial charge on any atom is -0.496 e. The number of para-hydroxylation sites is 1. The van der Waals surface area contributed by atoms with Crippen LogP contribution in [0.3, 0.4) is 0 Å². The highest BCUT2D eigenvalue weighted by Crippen LogP contribution is 2.38. The van der Waals surface area contributed by atoms with Gasteiger partial charge in [0.25, 0.3) is 11.8 Å². The quantitative estimate of drug-likeness (QED) is 0.744. The van der Waals surface area contributed by atoms with E-state index in [1.165, 1.54) is 12.0 Å². The van der Waals surface area contributed by atoms with Crippen molar-refractivity contribution in [3.63, 3.8) is 0 Å². The van der Waals surface area contributed by atoms with Crippen molar-refractivity contribution in [2.45, 2.75) is 26.2 Å². The van der Waals surface area contributed by atoms with Crippen LogP contribution in [-0.2, 0) is 15.0 Å². The summed E-state index contributed by atoms with van der Waals surface area (Å²) in [7, 11) is 3.22. The molecule has 0 unspecified atom stereocenters. The number of ether oxygens (including phenoxy) is 1. The number of aliphatic hydroxyl groups is 1. The lowest BCUT2D eigenvalue weighted by atomic mass is 9.87. The number of hydrogen-bond acceptors (Lipinski definition) is 5. The third kappa shape index (κ3) is 3.83. The number of benzene rings is 2. The number of likely N-dealkylation sites (N-methyl/N-ethyl adjacent to an activating group) is 1. The molecule has 0 spiro atoms. The molecule has 0 radical (unpaired) electrons. The van der Waals surface area contributed by atoms with E-state index >= 15 is 0 Å². The number of aliphatic hydroxyl groups excluding tert-OH is 1. The van der Waals surface area contributed by atoms with Crippen LogP contribution in [0, 0.1) is 0 Å². The fourth-order valence-electron chi connectivity index (χ4n) is 3.57. The summed E-state index contributed by atoms with van der Waals surface area (Å²) in [5.41, 5.74) is 2.66. The minimum absolute atomic E-state index is 0.0368. The minimum atomic E-state index is -0.416. The van der Waals surface area contributed by atoms with E-state index in [-0.39, 0.29) is 29.8 Å². The summed E-state index contributed by atoms with van der Waals surface area (Å²) < 4.78 is 5.44. The molecular weight excluding hydrogens is 380 g/mol. The van der Waals surface area contributed by atoms with Crippen molar-refractivity contribution in [1.29, 1.82) is 0 Å². The maximum atomic E-state index is 13.5. The van der Waals surface area contributed by atoms with Gasteiger partial charge in [-0.25, -0.2) is 4.90 Å². The predicted octanol–water partition coefficient (Wildman–Crippen LogP) is 3.20. The summed E-state index contributed by atoms with van der Waals surface area (Å²) in [6.45, 7) is 6.41. The third-order valence-corrected chi connectivity index (χ3v) is 5.24. The van der Waals surface area contributed by atoms with Crippen LogP contribution in [0.2, 0.25) is 0 Å². The van der Waals surface area contributed by atoms with E-state index in [1.54, 1.807) is 42.3 Å². The molecular formula is C24H28N2O4. The molecule has 0 bridgehead atoms. The topological polar surface area (TPSA) is 70.1 Å². The Hall–Kier alpha value is -3.12. The van der Waals surface area contributed by atoms with Gasteiger partial charge in [0, 0.05) is 19.2 Å². The molecule has 2 aromatic rings. The molecule has 1 heterocycles. The van der Waals surface area contributed by atoms with Gasteiger partial charge in [0.15, 0.2) is 0 Å². The first kappa shape index (κ1) is 21.6. The highest BCUT2D eigenvalue weighted by atomic mass is 16.5. The van der Waals surface area contributed by atoms with Gasteiger partial charge >= 0.3 is 0 Å². The van der Waals surface area contributed by atoms with Gasteiger partial charge in [-0.3, -0.25) is 9.59 Å². The number of amides is 2. The van der Waals surface area contributed by atoms with E-state index in [4.69, 9.17) is 4.74 Å². The number of nitrogens with zero attached hydrogens (tertiary/aromatic N) is 2. The lowest BCUT2D eigenvalue weighted by Crippen LogP contribution is -2.35. The van der Waals surface area contributed by atoms with Crippen molar-refractivity contribution in [2.75, 3.05) is 32.2 Å². The Balaban J connectivity index is 2.11. The van der Waals surface area contributed by atoms with Crippen LogP contribution >= 0.6 is 0 Å². The largest absolute Gasteiger partial charge is 0.496 e. The Morgan fingerprint density at radius 3 is 2.20 bits per heavy atom. The molecule has 2 aromatic carbocycles. The second kappa shape index (κ2) is 8.32. The van der Waals surface area contributed by atoms with Crippen molar-refractivity contribution in [3.05, 3.63) is 65.4 Å². The molecule has 2 amide bonds. The van der Waals surface area contributed by atoms with E-state index < -0.39 is 11.8 Å². The molecule has 0 fully saturated rings. The smallest absolute Gasteiger partial charge is 0.282 e. The van der Waals surface area contributed by atoms with Crippen molar-refractivity contribution < 1.29 is 19.4 Å². The van der Waals surface area contributed by atoms with Crippen molar-refractivity contribution in [3.8, 4) is 5.75 Å². The summed E-state index contributed by atoms with van der Waals surface area (Å²) in [6, 6.07) is 14.6. The normalized spacial score (nSPS) is 14.5. The Morgan fingerprint density at radius 2 is 1.63 bits per heavy atom. The van der Waals surface area contributed by atoms with Gasteiger partial charge in [0.2, 0.25) is 0 Å². The third-order valence-electron chi connectivity index (χ3n) is 5.24. The number of carbonyl (C=O) groups excluding carboxylic acids is 2. The van der Waals surface area contributed by atoms with Gasteiger partial charge in [-0.2, -0.15) is 0 Å². The van der Waals surface area contributed by atoms with Crippen LogP contribution in [0.4, 0.5) is 5.69 Å². The predicted molar refractivity (Wildman–Crippen MR) is 117 cm³/mol. The van der Waals surface area contributed by atoms with Gasteiger partial charge in [0.1, 0.15) is 11.4 Å². The summed E-state index contributed by atoms with van der Waals surface area (Å²) in [5, 5.41) is 9.40. The SMILES string of the molecule is COc1ccccc1C1=C(N(C)CCO)C(=O)N(c2ccc(C(C)(C)C)cc2)C1=O.